The molecule has 1 aliphatic rings. The van der Waals surface area contributed by atoms with Crippen LogP contribution in [0.25, 0.3) is 0 Å². The maximum atomic E-state index is 12.2. The summed E-state index contributed by atoms with van der Waals surface area (Å²) in [5.74, 6) is -0.550. The van der Waals surface area contributed by atoms with E-state index in [1.807, 2.05) is 0 Å². The van der Waals surface area contributed by atoms with Crippen LogP contribution in [0.5, 0.6) is 0 Å². The van der Waals surface area contributed by atoms with Gasteiger partial charge in [0.1, 0.15) is 5.00 Å². The van der Waals surface area contributed by atoms with Crippen LogP contribution < -0.4 is 5.32 Å². The zero-order chi connectivity index (χ0) is 16.3. The number of anilines is 1. The molecule has 0 saturated carbocycles. The van der Waals surface area contributed by atoms with E-state index in [1.165, 1.54) is 18.3 Å². The summed E-state index contributed by atoms with van der Waals surface area (Å²) in [6.45, 7) is 6.37. The summed E-state index contributed by atoms with van der Waals surface area (Å²) in [6, 6.07) is 0. The quantitative estimate of drug-likeness (QED) is 0.861. The molecule has 0 fully saturated rings. The van der Waals surface area contributed by atoms with Crippen molar-refractivity contribution >= 4 is 34.1 Å². The van der Waals surface area contributed by atoms with Gasteiger partial charge >= 0.3 is 5.97 Å². The van der Waals surface area contributed by atoms with Crippen molar-refractivity contribution in [2.45, 2.75) is 40.2 Å². The molecule has 2 amide bonds. The smallest absolute Gasteiger partial charge is 0.341 e. The molecule has 120 valence electrons. The van der Waals surface area contributed by atoms with Gasteiger partial charge in [-0.25, -0.2) is 4.79 Å². The Morgan fingerprint density at radius 3 is 2.64 bits per heavy atom. The minimum absolute atomic E-state index is 0.0101. The van der Waals surface area contributed by atoms with Crippen LogP contribution in [0.2, 0.25) is 0 Å². The Kier molecular flexibility index (Phi) is 5.18. The fourth-order valence-electron chi connectivity index (χ4n) is 2.39. The lowest BCUT2D eigenvalue weighted by Gasteiger charge is -2.25. The molecular formula is C15H20N2O4S. The fourth-order valence-corrected chi connectivity index (χ4v) is 3.66. The number of nitrogens with zero attached hydrogens (tertiary/aromatic N) is 1. The molecule has 0 atom stereocenters. The van der Waals surface area contributed by atoms with Gasteiger partial charge in [0.25, 0.3) is 0 Å². The van der Waals surface area contributed by atoms with Crippen LogP contribution in [0.3, 0.4) is 0 Å². The lowest BCUT2D eigenvalue weighted by Crippen LogP contribution is -2.34. The summed E-state index contributed by atoms with van der Waals surface area (Å²) in [4.78, 5) is 38.1. The molecule has 2 heterocycles. The second kappa shape index (κ2) is 6.91. The highest BCUT2D eigenvalue weighted by Crippen LogP contribution is 2.37. The Labute approximate surface area is 133 Å². The number of fused-ring (bicyclic) bond motifs is 1. The number of carbonyl (C=O) groups excluding carboxylic acids is 3. The maximum Gasteiger partial charge on any atom is 0.341 e. The van der Waals surface area contributed by atoms with E-state index in [0.717, 1.165) is 10.4 Å². The monoisotopic (exact) mass is 324 g/mol. The van der Waals surface area contributed by atoms with Gasteiger partial charge in [0.05, 0.1) is 18.7 Å². The number of hydrogen-bond acceptors (Lipinski definition) is 5. The summed E-state index contributed by atoms with van der Waals surface area (Å²) in [7, 11) is 0. The predicted molar refractivity (Wildman–Crippen MR) is 84.0 cm³/mol. The zero-order valence-electron chi connectivity index (χ0n) is 13.0. The lowest BCUT2D eigenvalue weighted by molar-refractivity contribution is -0.129. The van der Waals surface area contributed by atoms with E-state index in [4.69, 9.17) is 4.74 Å². The van der Waals surface area contributed by atoms with E-state index in [0.29, 0.717) is 36.5 Å². The molecule has 0 unspecified atom stereocenters. The van der Waals surface area contributed by atoms with Gasteiger partial charge in [-0.1, -0.05) is 6.92 Å². The van der Waals surface area contributed by atoms with Crippen LogP contribution in [0.4, 0.5) is 5.00 Å². The van der Waals surface area contributed by atoms with Crippen LogP contribution >= 0.6 is 11.3 Å². The summed E-state index contributed by atoms with van der Waals surface area (Å²) in [6.07, 6.45) is 0.936. The van der Waals surface area contributed by atoms with Crippen molar-refractivity contribution < 1.29 is 19.1 Å². The topological polar surface area (TPSA) is 75.7 Å². The number of ether oxygens (including phenoxy) is 1. The van der Waals surface area contributed by atoms with E-state index in [2.05, 4.69) is 5.32 Å². The van der Waals surface area contributed by atoms with Gasteiger partial charge < -0.3 is 15.0 Å². The average Bonchev–Trinajstić information content (AvgIpc) is 2.83. The van der Waals surface area contributed by atoms with Crippen LogP contribution in [0, 0.1) is 0 Å². The molecule has 7 heteroatoms. The number of thiophene rings is 1. The summed E-state index contributed by atoms with van der Waals surface area (Å²) < 4.78 is 5.12. The van der Waals surface area contributed by atoms with E-state index in [1.54, 1.807) is 18.7 Å². The van der Waals surface area contributed by atoms with Gasteiger partial charge in [0.2, 0.25) is 11.8 Å². The van der Waals surface area contributed by atoms with Gasteiger partial charge in [-0.2, -0.15) is 0 Å². The molecule has 1 aromatic rings. The van der Waals surface area contributed by atoms with Crippen LogP contribution in [-0.2, 0) is 27.3 Å². The molecule has 0 radical (unpaired) electrons. The molecule has 1 N–H and O–H groups in total. The zero-order valence-corrected chi connectivity index (χ0v) is 13.8. The standard InChI is InChI=1S/C15H20N2O4S/c1-4-12(19)16-14-13(15(20)21-5-2)10-6-7-17(9(3)18)8-11(10)22-14/h4-8H2,1-3H3,(H,16,19). The van der Waals surface area contributed by atoms with Crippen molar-refractivity contribution in [3.8, 4) is 0 Å². The highest BCUT2D eigenvalue weighted by Gasteiger charge is 2.30. The first-order valence-corrected chi connectivity index (χ1v) is 8.16. The first kappa shape index (κ1) is 16.5. The van der Waals surface area contributed by atoms with Crippen molar-refractivity contribution in [1.82, 2.24) is 4.90 Å². The van der Waals surface area contributed by atoms with Gasteiger partial charge in [-0.3, -0.25) is 9.59 Å². The third-order valence-electron chi connectivity index (χ3n) is 3.56. The van der Waals surface area contributed by atoms with Gasteiger partial charge in [0, 0.05) is 24.8 Å². The second-order valence-corrected chi connectivity index (χ2v) is 6.13. The summed E-state index contributed by atoms with van der Waals surface area (Å²) >= 11 is 1.35. The minimum Gasteiger partial charge on any atom is -0.462 e. The molecule has 2 rings (SSSR count). The van der Waals surface area contributed by atoms with Crippen molar-refractivity contribution in [2.75, 3.05) is 18.5 Å². The highest BCUT2D eigenvalue weighted by atomic mass is 32.1. The Morgan fingerprint density at radius 2 is 2.05 bits per heavy atom. The van der Waals surface area contributed by atoms with E-state index in [9.17, 15) is 14.4 Å². The van der Waals surface area contributed by atoms with Gasteiger partial charge in [-0.15, -0.1) is 11.3 Å². The van der Waals surface area contributed by atoms with Gasteiger partial charge in [0.15, 0.2) is 0 Å². The molecule has 0 bridgehead atoms. The molecule has 0 spiro atoms. The van der Waals surface area contributed by atoms with Crippen molar-refractivity contribution in [3.63, 3.8) is 0 Å². The third kappa shape index (κ3) is 3.30. The predicted octanol–water partition coefficient (Wildman–Crippen LogP) is 2.18. The highest BCUT2D eigenvalue weighted by molar-refractivity contribution is 7.17. The number of nitrogens with one attached hydrogen (secondary N) is 1. The number of carbonyl (C=O) groups is 3. The van der Waals surface area contributed by atoms with Crippen LogP contribution in [-0.4, -0.2) is 35.8 Å². The van der Waals surface area contributed by atoms with E-state index < -0.39 is 5.97 Å². The normalized spacial score (nSPS) is 13.5. The number of rotatable bonds is 4. The SMILES string of the molecule is CCOC(=O)c1c(NC(=O)CC)sc2c1CCN(C(C)=O)C2. The van der Waals surface area contributed by atoms with Crippen LogP contribution in [0.1, 0.15) is 48.0 Å². The average molecular weight is 324 g/mol. The fraction of sp³-hybridized carbons (Fsp3) is 0.533. The lowest BCUT2D eigenvalue weighted by atomic mass is 10.0. The third-order valence-corrected chi connectivity index (χ3v) is 4.69. The maximum absolute atomic E-state index is 12.2. The molecule has 6 nitrogen and oxygen atoms in total. The molecule has 0 aliphatic carbocycles. The molecule has 1 aromatic heterocycles. The number of amides is 2. The molecule has 1 aliphatic heterocycles. The number of hydrogen-bond donors (Lipinski definition) is 1. The Morgan fingerprint density at radius 1 is 1.32 bits per heavy atom. The van der Waals surface area contributed by atoms with Gasteiger partial charge in [-0.05, 0) is 18.9 Å². The van der Waals surface area contributed by atoms with Crippen molar-refractivity contribution in [2.24, 2.45) is 0 Å². The van der Waals surface area contributed by atoms with Crippen molar-refractivity contribution in [1.29, 1.82) is 0 Å². The van der Waals surface area contributed by atoms with E-state index >= 15 is 0 Å². The Balaban J connectivity index is 2.39. The van der Waals surface area contributed by atoms with Crippen LogP contribution in [0.15, 0.2) is 0 Å². The minimum atomic E-state index is -0.414. The van der Waals surface area contributed by atoms with Crippen molar-refractivity contribution in [3.05, 3.63) is 16.0 Å². The molecular weight excluding hydrogens is 304 g/mol. The molecule has 0 saturated heterocycles. The second-order valence-electron chi connectivity index (χ2n) is 5.02. The number of esters is 1. The Hall–Kier alpha value is -1.89. The largest absolute Gasteiger partial charge is 0.462 e. The summed E-state index contributed by atoms with van der Waals surface area (Å²) in [5.41, 5.74) is 1.35. The summed E-state index contributed by atoms with van der Waals surface area (Å²) in [5, 5.41) is 3.30. The first-order chi connectivity index (χ1) is 10.5. The molecule has 22 heavy (non-hydrogen) atoms. The van der Waals surface area contributed by atoms with E-state index in [-0.39, 0.29) is 18.4 Å². The molecule has 0 aromatic carbocycles. The Bertz CT molecular complexity index is 609. The first-order valence-electron chi connectivity index (χ1n) is 7.34.